The Hall–Kier alpha value is -2.57. The fourth-order valence-corrected chi connectivity index (χ4v) is 2.66. The van der Waals surface area contributed by atoms with Crippen LogP contribution in [0, 0.1) is 0 Å². The van der Waals surface area contributed by atoms with Crippen molar-refractivity contribution in [3.63, 3.8) is 0 Å². The first-order chi connectivity index (χ1) is 11.0. The average molecular weight is 321 g/mol. The van der Waals surface area contributed by atoms with Crippen molar-refractivity contribution in [1.82, 2.24) is 4.90 Å². The highest BCUT2D eigenvalue weighted by molar-refractivity contribution is 5.86. The number of methoxy groups -OCH3 is 1. The Balaban J connectivity index is 2.13. The van der Waals surface area contributed by atoms with Crippen molar-refractivity contribution >= 4 is 18.0 Å². The number of aliphatic carboxylic acids is 1. The van der Waals surface area contributed by atoms with E-state index in [0.29, 0.717) is 12.8 Å². The number of rotatable bonds is 4. The number of likely N-dealkylation sites (tertiary alicyclic amines) is 1. The number of hydrogen-bond donors (Lipinski definition) is 1. The van der Waals surface area contributed by atoms with Crippen molar-refractivity contribution in [2.45, 2.75) is 38.0 Å². The van der Waals surface area contributed by atoms with Gasteiger partial charge < -0.3 is 14.6 Å². The summed E-state index contributed by atoms with van der Waals surface area (Å²) in [5, 5.41) is 9.31. The molecule has 1 aliphatic heterocycles. The molecule has 0 unspecified atom stereocenters. The van der Waals surface area contributed by atoms with E-state index in [1.54, 1.807) is 24.3 Å². The number of esters is 1. The summed E-state index contributed by atoms with van der Waals surface area (Å²) in [5.41, 5.74) is 0.777. The fraction of sp³-hybridized carbons (Fsp3) is 0.438. The van der Waals surface area contributed by atoms with Crippen molar-refractivity contribution in [2.24, 2.45) is 0 Å². The number of hydrogen-bond acceptors (Lipinski definition) is 5. The lowest BCUT2D eigenvalue weighted by atomic mass is 9.96. The van der Waals surface area contributed by atoms with Crippen molar-refractivity contribution < 1.29 is 29.0 Å². The zero-order valence-corrected chi connectivity index (χ0v) is 12.8. The Morgan fingerprint density at radius 1 is 1.17 bits per heavy atom. The fourth-order valence-electron chi connectivity index (χ4n) is 2.66. The van der Waals surface area contributed by atoms with Crippen LogP contribution < -0.4 is 0 Å². The predicted molar refractivity (Wildman–Crippen MR) is 79.5 cm³/mol. The molecule has 1 heterocycles. The third-order valence-electron chi connectivity index (χ3n) is 3.80. The van der Waals surface area contributed by atoms with Gasteiger partial charge in [-0.1, -0.05) is 30.3 Å². The minimum absolute atomic E-state index is 0.0103. The number of carboxylic acids is 1. The van der Waals surface area contributed by atoms with E-state index in [9.17, 15) is 19.5 Å². The van der Waals surface area contributed by atoms with Crippen LogP contribution in [0.3, 0.4) is 0 Å². The van der Waals surface area contributed by atoms with E-state index >= 15 is 0 Å². The summed E-state index contributed by atoms with van der Waals surface area (Å²) in [5.74, 6) is -1.79. The molecule has 23 heavy (non-hydrogen) atoms. The van der Waals surface area contributed by atoms with Crippen LogP contribution in [0.5, 0.6) is 0 Å². The second-order valence-electron chi connectivity index (χ2n) is 5.27. The zero-order chi connectivity index (χ0) is 16.8. The van der Waals surface area contributed by atoms with Crippen molar-refractivity contribution in [1.29, 1.82) is 0 Å². The lowest BCUT2D eigenvalue weighted by Gasteiger charge is -2.37. The summed E-state index contributed by atoms with van der Waals surface area (Å²) in [4.78, 5) is 36.6. The number of carbonyl (C=O) groups is 3. The molecular weight excluding hydrogens is 302 g/mol. The summed E-state index contributed by atoms with van der Waals surface area (Å²) in [6.45, 7) is 0.0103. The number of ether oxygens (including phenoxy) is 2. The maximum Gasteiger partial charge on any atom is 0.411 e. The second kappa shape index (κ2) is 7.62. The molecule has 124 valence electrons. The van der Waals surface area contributed by atoms with Crippen LogP contribution in [0.4, 0.5) is 4.79 Å². The van der Waals surface area contributed by atoms with Crippen molar-refractivity contribution in [3.05, 3.63) is 35.9 Å². The van der Waals surface area contributed by atoms with Crippen molar-refractivity contribution in [3.8, 4) is 0 Å². The molecule has 0 aliphatic carbocycles. The van der Waals surface area contributed by atoms with Gasteiger partial charge in [-0.3, -0.25) is 4.90 Å². The number of nitrogens with zero attached hydrogens (tertiary/aromatic N) is 1. The van der Waals surface area contributed by atoms with E-state index in [0.717, 1.165) is 10.5 Å². The van der Waals surface area contributed by atoms with Crippen molar-refractivity contribution in [2.75, 3.05) is 7.11 Å². The monoisotopic (exact) mass is 321 g/mol. The maximum atomic E-state index is 12.3. The molecule has 7 nitrogen and oxygen atoms in total. The van der Waals surface area contributed by atoms with E-state index in [1.165, 1.54) is 7.11 Å². The molecule has 0 spiro atoms. The van der Waals surface area contributed by atoms with Gasteiger partial charge in [0.1, 0.15) is 18.7 Å². The number of benzene rings is 1. The van der Waals surface area contributed by atoms with Gasteiger partial charge in [0.05, 0.1) is 7.11 Å². The largest absolute Gasteiger partial charge is 0.480 e. The molecule has 0 aromatic heterocycles. The Kier molecular flexibility index (Phi) is 5.56. The molecule has 1 aliphatic rings. The second-order valence-corrected chi connectivity index (χ2v) is 5.27. The highest BCUT2D eigenvalue weighted by Gasteiger charge is 2.43. The third kappa shape index (κ3) is 4.00. The number of amides is 1. The molecule has 0 bridgehead atoms. The summed E-state index contributed by atoms with van der Waals surface area (Å²) in [6.07, 6.45) is 0.343. The Morgan fingerprint density at radius 3 is 2.43 bits per heavy atom. The summed E-state index contributed by atoms with van der Waals surface area (Å²) in [7, 11) is 1.21. The van der Waals surface area contributed by atoms with E-state index < -0.39 is 30.1 Å². The summed E-state index contributed by atoms with van der Waals surface area (Å²) < 4.78 is 9.87. The molecule has 1 fully saturated rings. The Morgan fingerprint density at radius 2 is 1.83 bits per heavy atom. The molecule has 2 rings (SSSR count). The zero-order valence-electron chi connectivity index (χ0n) is 12.8. The molecule has 7 heteroatoms. The van der Waals surface area contributed by atoms with Gasteiger partial charge in [0, 0.05) is 0 Å². The molecule has 1 amide bonds. The van der Waals surface area contributed by atoms with Gasteiger partial charge in [0.2, 0.25) is 0 Å². The van der Waals surface area contributed by atoms with Gasteiger partial charge in [-0.25, -0.2) is 14.4 Å². The maximum absolute atomic E-state index is 12.3. The van der Waals surface area contributed by atoms with Crippen LogP contribution in [-0.4, -0.2) is 47.2 Å². The summed E-state index contributed by atoms with van der Waals surface area (Å²) >= 11 is 0. The quantitative estimate of drug-likeness (QED) is 0.850. The highest BCUT2D eigenvalue weighted by Crippen LogP contribution is 2.25. The SMILES string of the molecule is COC(=O)[C@@H]1CCC[C@H](C(=O)O)N1C(=O)OCc1ccccc1. The smallest absolute Gasteiger partial charge is 0.411 e. The van der Waals surface area contributed by atoms with E-state index in [1.807, 2.05) is 6.07 Å². The molecule has 1 aromatic carbocycles. The average Bonchev–Trinajstić information content (AvgIpc) is 2.59. The topological polar surface area (TPSA) is 93.1 Å². The standard InChI is InChI=1S/C16H19NO6/c1-22-15(20)13-9-5-8-12(14(18)19)17(13)16(21)23-10-11-6-3-2-4-7-11/h2-4,6-7,12-13H,5,8-10H2,1H3,(H,18,19)/t12-,13+/m1/s1. The first-order valence-corrected chi connectivity index (χ1v) is 7.34. The van der Waals surface area contributed by atoms with E-state index in [-0.39, 0.29) is 13.0 Å². The first-order valence-electron chi connectivity index (χ1n) is 7.34. The van der Waals surface area contributed by atoms with Gasteiger partial charge in [-0.2, -0.15) is 0 Å². The lowest BCUT2D eigenvalue weighted by molar-refractivity contribution is -0.154. The number of carboxylic acid groups (broad SMARTS) is 1. The number of piperidine rings is 1. The van der Waals surface area contributed by atoms with Crippen LogP contribution in [0.25, 0.3) is 0 Å². The van der Waals surface area contributed by atoms with Crippen LogP contribution in [0.1, 0.15) is 24.8 Å². The van der Waals surface area contributed by atoms with E-state index in [4.69, 9.17) is 4.74 Å². The third-order valence-corrected chi connectivity index (χ3v) is 3.80. The van der Waals surface area contributed by atoms with Crippen LogP contribution in [0.15, 0.2) is 30.3 Å². The minimum Gasteiger partial charge on any atom is -0.480 e. The van der Waals surface area contributed by atoms with Gasteiger partial charge in [0.15, 0.2) is 0 Å². The molecule has 1 saturated heterocycles. The Bertz CT molecular complexity index is 573. The minimum atomic E-state index is -1.16. The summed E-state index contributed by atoms with van der Waals surface area (Å²) in [6, 6.07) is 7.01. The molecule has 1 aromatic rings. The van der Waals surface area contributed by atoms with Gasteiger partial charge in [-0.05, 0) is 24.8 Å². The molecule has 0 radical (unpaired) electrons. The molecular formula is C16H19NO6. The van der Waals surface area contributed by atoms with Gasteiger partial charge in [0.25, 0.3) is 0 Å². The predicted octanol–water partition coefficient (Wildman–Crippen LogP) is 1.80. The molecule has 0 saturated carbocycles. The highest BCUT2D eigenvalue weighted by atomic mass is 16.6. The van der Waals surface area contributed by atoms with Crippen LogP contribution in [-0.2, 0) is 25.7 Å². The molecule has 2 atom stereocenters. The Labute approximate surface area is 133 Å². The first kappa shape index (κ1) is 16.8. The van der Waals surface area contributed by atoms with E-state index in [2.05, 4.69) is 4.74 Å². The lowest BCUT2D eigenvalue weighted by Crippen LogP contribution is -2.56. The molecule has 1 N–H and O–H groups in total. The van der Waals surface area contributed by atoms with Crippen LogP contribution >= 0.6 is 0 Å². The van der Waals surface area contributed by atoms with Gasteiger partial charge in [-0.15, -0.1) is 0 Å². The van der Waals surface area contributed by atoms with Gasteiger partial charge >= 0.3 is 18.0 Å². The number of carbonyl (C=O) groups excluding carboxylic acids is 2. The van der Waals surface area contributed by atoms with Crippen LogP contribution in [0.2, 0.25) is 0 Å². The normalized spacial score (nSPS) is 20.7.